The fraction of sp³-hybridized carbons (Fsp3) is 0.667. The molecule has 0 aromatic heterocycles. The molecule has 6 heteroatoms. The topological polar surface area (TPSA) is 69.6 Å². The molecule has 18 heavy (non-hydrogen) atoms. The number of carbonyl (C=O) groups excluding carboxylic acids is 1. The Labute approximate surface area is 111 Å². The molecule has 1 heterocycles. The van der Waals surface area contributed by atoms with Gasteiger partial charge in [-0.25, -0.2) is 9.59 Å². The van der Waals surface area contributed by atoms with Crippen LogP contribution in [0.4, 0.5) is 4.79 Å². The Morgan fingerprint density at radius 1 is 1.56 bits per heavy atom. The number of carboxylic acids is 1. The maximum Gasteiger partial charge on any atom is 0.327 e. The molecule has 1 fully saturated rings. The molecule has 1 aliphatic rings. The highest BCUT2D eigenvalue weighted by Crippen LogP contribution is 2.28. The van der Waals surface area contributed by atoms with Crippen molar-refractivity contribution in [3.8, 4) is 12.3 Å². The zero-order valence-electron chi connectivity index (χ0n) is 10.4. The van der Waals surface area contributed by atoms with E-state index in [1.807, 2.05) is 6.92 Å². The third kappa shape index (κ3) is 3.84. The monoisotopic (exact) mass is 270 g/mol. The van der Waals surface area contributed by atoms with Crippen molar-refractivity contribution in [3.05, 3.63) is 0 Å². The first-order valence-corrected chi connectivity index (χ1v) is 6.97. The van der Waals surface area contributed by atoms with Crippen molar-refractivity contribution in [2.24, 2.45) is 0 Å². The Morgan fingerprint density at radius 3 is 2.89 bits per heavy atom. The highest BCUT2D eigenvalue weighted by Gasteiger charge is 2.39. The van der Waals surface area contributed by atoms with E-state index >= 15 is 0 Å². The molecule has 0 aromatic carbocycles. The normalized spacial score (nSPS) is 22.6. The van der Waals surface area contributed by atoms with Crippen molar-refractivity contribution in [3.63, 3.8) is 0 Å². The minimum absolute atomic E-state index is 0.100. The highest BCUT2D eigenvalue weighted by molar-refractivity contribution is 8.00. The summed E-state index contributed by atoms with van der Waals surface area (Å²) in [4.78, 5) is 24.3. The van der Waals surface area contributed by atoms with Crippen LogP contribution in [0, 0.1) is 12.3 Å². The van der Waals surface area contributed by atoms with Crippen LogP contribution < -0.4 is 5.32 Å². The van der Waals surface area contributed by atoms with Crippen molar-refractivity contribution in [1.82, 2.24) is 10.2 Å². The molecule has 2 N–H and O–H groups in total. The summed E-state index contributed by atoms with van der Waals surface area (Å²) < 4.78 is 0. The van der Waals surface area contributed by atoms with Gasteiger partial charge in [-0.1, -0.05) is 0 Å². The molecule has 0 saturated carbocycles. The predicted molar refractivity (Wildman–Crippen MR) is 71.3 cm³/mol. The number of terminal acetylenes is 1. The molecular formula is C12H18N2O3S. The second kappa shape index (κ2) is 7.17. The molecule has 0 aliphatic carbocycles. The number of nitrogens with zero attached hydrogens (tertiary/aromatic N) is 1. The predicted octanol–water partition coefficient (Wildman–Crippen LogP) is 1.35. The molecule has 2 amide bonds. The van der Waals surface area contributed by atoms with Gasteiger partial charge in [-0.2, -0.15) is 0 Å². The van der Waals surface area contributed by atoms with E-state index in [0.29, 0.717) is 18.7 Å². The summed E-state index contributed by atoms with van der Waals surface area (Å²) in [5, 5.41) is 11.7. The molecule has 0 spiro atoms. The summed E-state index contributed by atoms with van der Waals surface area (Å²) in [6.45, 7) is 2.37. The van der Waals surface area contributed by atoms with Crippen molar-refractivity contribution >= 4 is 23.8 Å². The quantitative estimate of drug-likeness (QED) is 0.584. The lowest BCUT2D eigenvalue weighted by molar-refractivity contribution is -0.141. The van der Waals surface area contributed by atoms with Gasteiger partial charge in [0.15, 0.2) is 0 Å². The van der Waals surface area contributed by atoms with E-state index < -0.39 is 12.0 Å². The number of unbranched alkanes of at least 4 members (excludes halogenated alkanes) is 2. The Bertz CT molecular complexity index is 354. The second-order valence-electron chi connectivity index (χ2n) is 4.09. The fourth-order valence-corrected chi connectivity index (χ4v) is 2.95. The fourth-order valence-electron chi connectivity index (χ4n) is 1.78. The van der Waals surface area contributed by atoms with Gasteiger partial charge in [0.1, 0.15) is 6.04 Å². The van der Waals surface area contributed by atoms with Crippen molar-refractivity contribution in [2.75, 3.05) is 12.3 Å². The Hall–Kier alpha value is -1.35. The molecule has 1 saturated heterocycles. The van der Waals surface area contributed by atoms with Crippen LogP contribution in [0.25, 0.3) is 0 Å². The van der Waals surface area contributed by atoms with E-state index in [4.69, 9.17) is 11.5 Å². The van der Waals surface area contributed by atoms with Gasteiger partial charge in [-0.15, -0.1) is 24.1 Å². The smallest absolute Gasteiger partial charge is 0.327 e. The van der Waals surface area contributed by atoms with Gasteiger partial charge >= 0.3 is 12.0 Å². The van der Waals surface area contributed by atoms with Crippen LogP contribution in [0.2, 0.25) is 0 Å². The maximum atomic E-state index is 11.9. The highest BCUT2D eigenvalue weighted by atomic mass is 32.2. The molecule has 1 rings (SSSR count). The van der Waals surface area contributed by atoms with E-state index in [2.05, 4.69) is 11.2 Å². The standard InChI is InChI=1S/C12H18N2O3S/c1-3-4-5-6-7-13-12(17)14-9(2)18-8-10(14)11(15)16/h1,9-10H,4-8H2,2H3,(H,13,17)(H,15,16). The number of hydrogen-bond donors (Lipinski definition) is 2. The number of carbonyl (C=O) groups is 2. The SMILES string of the molecule is C#CCCCCNC(=O)N1C(C)SCC1C(=O)O. The van der Waals surface area contributed by atoms with Gasteiger partial charge in [0, 0.05) is 18.7 Å². The number of amides is 2. The Morgan fingerprint density at radius 2 is 2.28 bits per heavy atom. The molecule has 100 valence electrons. The molecule has 0 radical (unpaired) electrons. The average Bonchev–Trinajstić information content (AvgIpc) is 2.71. The van der Waals surface area contributed by atoms with Gasteiger partial charge < -0.3 is 10.4 Å². The average molecular weight is 270 g/mol. The number of urea groups is 1. The van der Waals surface area contributed by atoms with Crippen LogP contribution >= 0.6 is 11.8 Å². The lowest BCUT2D eigenvalue weighted by atomic mass is 10.2. The van der Waals surface area contributed by atoms with E-state index in [1.165, 1.54) is 16.7 Å². The number of hydrogen-bond acceptors (Lipinski definition) is 3. The molecule has 0 bridgehead atoms. The number of rotatable bonds is 5. The Balaban J connectivity index is 2.40. The van der Waals surface area contributed by atoms with E-state index in [1.54, 1.807) is 0 Å². The summed E-state index contributed by atoms with van der Waals surface area (Å²) in [6, 6.07) is -1.03. The minimum Gasteiger partial charge on any atom is -0.480 e. The third-order valence-electron chi connectivity index (χ3n) is 2.77. The zero-order chi connectivity index (χ0) is 13.5. The van der Waals surface area contributed by atoms with E-state index in [-0.39, 0.29) is 11.4 Å². The lowest BCUT2D eigenvalue weighted by Gasteiger charge is -2.25. The van der Waals surface area contributed by atoms with Crippen molar-refractivity contribution < 1.29 is 14.7 Å². The molecule has 0 aromatic rings. The molecule has 2 atom stereocenters. The minimum atomic E-state index is -0.950. The van der Waals surface area contributed by atoms with Crippen LogP contribution in [-0.2, 0) is 4.79 Å². The second-order valence-corrected chi connectivity index (χ2v) is 5.44. The third-order valence-corrected chi connectivity index (χ3v) is 3.98. The summed E-state index contributed by atoms with van der Waals surface area (Å²) in [5.41, 5.74) is 0. The summed E-state index contributed by atoms with van der Waals surface area (Å²) in [5.74, 6) is 2.03. The van der Waals surface area contributed by atoms with Gasteiger partial charge in [0.25, 0.3) is 0 Å². The Kier molecular flexibility index (Phi) is 5.86. The molecule has 1 aliphatic heterocycles. The lowest BCUT2D eigenvalue weighted by Crippen LogP contribution is -2.49. The van der Waals surface area contributed by atoms with Gasteiger partial charge in [-0.3, -0.25) is 4.90 Å². The maximum absolute atomic E-state index is 11.9. The zero-order valence-corrected chi connectivity index (χ0v) is 11.2. The summed E-state index contributed by atoms with van der Waals surface area (Å²) in [6.07, 6.45) is 7.50. The van der Waals surface area contributed by atoms with E-state index in [9.17, 15) is 9.59 Å². The van der Waals surface area contributed by atoms with Gasteiger partial charge in [-0.05, 0) is 19.8 Å². The van der Waals surface area contributed by atoms with Crippen LogP contribution in [0.1, 0.15) is 26.2 Å². The van der Waals surface area contributed by atoms with Crippen molar-refractivity contribution in [2.45, 2.75) is 37.6 Å². The molecule has 5 nitrogen and oxygen atoms in total. The molecule has 2 unspecified atom stereocenters. The van der Waals surface area contributed by atoms with Crippen LogP contribution in [0.15, 0.2) is 0 Å². The van der Waals surface area contributed by atoms with Crippen LogP contribution in [0.5, 0.6) is 0 Å². The van der Waals surface area contributed by atoms with Crippen LogP contribution in [-0.4, -0.2) is 45.7 Å². The van der Waals surface area contributed by atoms with Crippen molar-refractivity contribution in [1.29, 1.82) is 0 Å². The largest absolute Gasteiger partial charge is 0.480 e. The number of nitrogens with one attached hydrogen (secondary N) is 1. The van der Waals surface area contributed by atoms with E-state index in [0.717, 1.165) is 12.8 Å². The van der Waals surface area contributed by atoms with Crippen LogP contribution in [0.3, 0.4) is 0 Å². The first-order chi connectivity index (χ1) is 8.57. The summed E-state index contributed by atoms with van der Waals surface area (Å²) >= 11 is 1.48. The first-order valence-electron chi connectivity index (χ1n) is 5.92. The molecular weight excluding hydrogens is 252 g/mol. The number of aliphatic carboxylic acids is 1. The number of carboxylic acid groups (broad SMARTS) is 1. The summed E-state index contributed by atoms with van der Waals surface area (Å²) in [7, 11) is 0. The number of thioether (sulfide) groups is 1. The first kappa shape index (κ1) is 14.7. The van der Waals surface area contributed by atoms with Gasteiger partial charge in [0.05, 0.1) is 5.37 Å². The van der Waals surface area contributed by atoms with Gasteiger partial charge in [0.2, 0.25) is 0 Å².